The largest absolute Gasteiger partial charge is 0.379 e. The molecule has 0 aliphatic carbocycles. The van der Waals surface area contributed by atoms with Crippen molar-refractivity contribution in [3.8, 4) is 0 Å². The minimum absolute atomic E-state index is 0.631. The number of ether oxygens (including phenoxy) is 1. The molecule has 76 valence electrons. The highest BCUT2D eigenvalue weighted by Gasteiger charge is 2.17. The molecule has 0 aromatic carbocycles. The number of nitrogens with one attached hydrogen (secondary N) is 2. The van der Waals surface area contributed by atoms with Gasteiger partial charge >= 0.3 is 0 Å². The van der Waals surface area contributed by atoms with Crippen molar-refractivity contribution in [3.63, 3.8) is 0 Å². The van der Waals surface area contributed by atoms with Crippen LogP contribution in [0.4, 0.5) is 0 Å². The van der Waals surface area contributed by atoms with Crippen molar-refractivity contribution < 1.29 is 4.74 Å². The lowest BCUT2D eigenvalue weighted by atomic mass is 10.2. The minimum atomic E-state index is 0.631. The molecule has 0 saturated carbocycles. The second kappa shape index (κ2) is 4.91. The Kier molecular flexibility index (Phi) is 3.55. The van der Waals surface area contributed by atoms with E-state index >= 15 is 0 Å². The normalized spacial score (nSPS) is 31.8. The van der Waals surface area contributed by atoms with Crippen molar-refractivity contribution >= 4 is 0 Å². The fraction of sp³-hybridized carbons (Fsp3) is 1.00. The van der Waals surface area contributed by atoms with Gasteiger partial charge in [-0.05, 0) is 0 Å². The van der Waals surface area contributed by atoms with Crippen LogP contribution in [0.1, 0.15) is 0 Å². The molecule has 13 heavy (non-hydrogen) atoms. The zero-order valence-corrected chi connectivity index (χ0v) is 8.09. The number of piperazine rings is 1. The van der Waals surface area contributed by atoms with Gasteiger partial charge in [0.1, 0.15) is 0 Å². The molecular weight excluding hydrogens is 166 g/mol. The van der Waals surface area contributed by atoms with Crippen LogP contribution in [0.3, 0.4) is 0 Å². The zero-order chi connectivity index (χ0) is 8.93. The van der Waals surface area contributed by atoms with Gasteiger partial charge in [0.2, 0.25) is 0 Å². The summed E-state index contributed by atoms with van der Waals surface area (Å²) in [5.74, 6) is 0. The first-order valence-corrected chi connectivity index (χ1v) is 5.19. The van der Waals surface area contributed by atoms with E-state index in [4.69, 9.17) is 4.74 Å². The van der Waals surface area contributed by atoms with Crippen LogP contribution in [-0.4, -0.2) is 63.4 Å². The minimum Gasteiger partial charge on any atom is -0.379 e. The summed E-state index contributed by atoms with van der Waals surface area (Å²) in [6.07, 6.45) is 0. The van der Waals surface area contributed by atoms with Gasteiger partial charge in [0.15, 0.2) is 0 Å². The van der Waals surface area contributed by atoms with E-state index in [1.54, 1.807) is 0 Å². The summed E-state index contributed by atoms with van der Waals surface area (Å²) in [7, 11) is 0. The lowest BCUT2D eigenvalue weighted by Gasteiger charge is -2.32. The third-order valence-corrected chi connectivity index (χ3v) is 2.71. The summed E-state index contributed by atoms with van der Waals surface area (Å²) in [5.41, 5.74) is 0. The van der Waals surface area contributed by atoms with Gasteiger partial charge in [-0.15, -0.1) is 0 Å². The van der Waals surface area contributed by atoms with Gasteiger partial charge in [-0.25, -0.2) is 0 Å². The van der Waals surface area contributed by atoms with Gasteiger partial charge in [0, 0.05) is 45.3 Å². The highest BCUT2D eigenvalue weighted by atomic mass is 16.5. The monoisotopic (exact) mass is 185 g/mol. The Balaban J connectivity index is 1.69. The van der Waals surface area contributed by atoms with Crippen LogP contribution in [0, 0.1) is 0 Å². The molecule has 2 N–H and O–H groups in total. The van der Waals surface area contributed by atoms with Crippen LogP contribution in [-0.2, 0) is 4.74 Å². The van der Waals surface area contributed by atoms with E-state index in [0.29, 0.717) is 6.04 Å². The molecule has 0 bridgehead atoms. The van der Waals surface area contributed by atoms with Crippen molar-refractivity contribution in [2.75, 3.05) is 52.5 Å². The maximum absolute atomic E-state index is 5.31. The van der Waals surface area contributed by atoms with Gasteiger partial charge in [0.05, 0.1) is 13.2 Å². The van der Waals surface area contributed by atoms with Crippen molar-refractivity contribution in [3.05, 3.63) is 0 Å². The summed E-state index contributed by atoms with van der Waals surface area (Å²) in [5, 5.41) is 6.93. The molecule has 0 aromatic heterocycles. The summed E-state index contributed by atoms with van der Waals surface area (Å²) in [4.78, 5) is 2.48. The van der Waals surface area contributed by atoms with Gasteiger partial charge in [0.25, 0.3) is 0 Å². The summed E-state index contributed by atoms with van der Waals surface area (Å²) < 4.78 is 5.31. The molecule has 4 nitrogen and oxygen atoms in total. The van der Waals surface area contributed by atoms with Crippen molar-refractivity contribution in [2.45, 2.75) is 6.04 Å². The van der Waals surface area contributed by atoms with Crippen LogP contribution in [0.25, 0.3) is 0 Å². The van der Waals surface area contributed by atoms with Crippen LogP contribution in [0.15, 0.2) is 0 Å². The summed E-state index contributed by atoms with van der Waals surface area (Å²) in [6.45, 7) is 8.49. The highest BCUT2D eigenvalue weighted by molar-refractivity contribution is 4.79. The van der Waals surface area contributed by atoms with Gasteiger partial charge < -0.3 is 15.4 Å². The van der Waals surface area contributed by atoms with E-state index in [2.05, 4.69) is 15.5 Å². The molecule has 1 atom stereocenters. The molecule has 0 aromatic rings. The Hall–Kier alpha value is -0.160. The topological polar surface area (TPSA) is 36.5 Å². The van der Waals surface area contributed by atoms with Crippen LogP contribution < -0.4 is 10.6 Å². The van der Waals surface area contributed by atoms with E-state index < -0.39 is 0 Å². The molecule has 2 heterocycles. The second-order valence-corrected chi connectivity index (χ2v) is 3.77. The third kappa shape index (κ3) is 2.91. The molecule has 2 aliphatic rings. The second-order valence-electron chi connectivity index (χ2n) is 3.77. The maximum Gasteiger partial charge on any atom is 0.0594 e. The van der Waals surface area contributed by atoms with E-state index in [1.807, 2.05) is 0 Å². The lowest BCUT2D eigenvalue weighted by Crippen LogP contribution is -2.54. The number of hydrogen-bond acceptors (Lipinski definition) is 4. The number of morpholine rings is 1. The average molecular weight is 185 g/mol. The first-order chi connectivity index (χ1) is 6.45. The van der Waals surface area contributed by atoms with Gasteiger partial charge in [-0.1, -0.05) is 0 Å². The molecule has 0 spiro atoms. The number of hydrogen-bond donors (Lipinski definition) is 2. The Bertz CT molecular complexity index is 126. The quantitative estimate of drug-likeness (QED) is 0.571. The van der Waals surface area contributed by atoms with E-state index in [-0.39, 0.29) is 0 Å². The Morgan fingerprint density at radius 1 is 1.23 bits per heavy atom. The smallest absolute Gasteiger partial charge is 0.0594 e. The molecule has 4 heteroatoms. The van der Waals surface area contributed by atoms with E-state index in [1.165, 1.54) is 0 Å². The van der Waals surface area contributed by atoms with Crippen LogP contribution in [0.5, 0.6) is 0 Å². The first kappa shape index (κ1) is 9.40. The Morgan fingerprint density at radius 3 is 2.77 bits per heavy atom. The maximum atomic E-state index is 5.31. The number of nitrogens with zero attached hydrogens (tertiary/aromatic N) is 1. The van der Waals surface area contributed by atoms with Gasteiger partial charge in [-0.3, -0.25) is 4.90 Å². The Labute approximate surface area is 79.6 Å². The van der Waals surface area contributed by atoms with Crippen molar-refractivity contribution in [1.82, 2.24) is 15.5 Å². The lowest BCUT2D eigenvalue weighted by molar-refractivity contribution is 0.0328. The first-order valence-electron chi connectivity index (χ1n) is 5.19. The standard InChI is InChI=1S/C9H19N3O/c1-2-11-9(7-10-1)8-12-3-5-13-6-4-12/h9-11H,1-8H2/t9-/m0/s1. The van der Waals surface area contributed by atoms with Crippen LogP contribution in [0.2, 0.25) is 0 Å². The molecule has 2 fully saturated rings. The molecule has 2 aliphatic heterocycles. The fourth-order valence-electron chi connectivity index (χ4n) is 1.94. The Morgan fingerprint density at radius 2 is 2.08 bits per heavy atom. The zero-order valence-electron chi connectivity index (χ0n) is 8.09. The van der Waals surface area contributed by atoms with Gasteiger partial charge in [-0.2, -0.15) is 0 Å². The van der Waals surface area contributed by atoms with Crippen molar-refractivity contribution in [1.29, 1.82) is 0 Å². The fourth-order valence-corrected chi connectivity index (χ4v) is 1.94. The van der Waals surface area contributed by atoms with E-state index in [0.717, 1.165) is 52.5 Å². The molecule has 0 amide bonds. The molecular formula is C9H19N3O. The SMILES string of the molecule is C1CN[C@H](CN2CCOCC2)CN1. The summed E-state index contributed by atoms with van der Waals surface area (Å²) >= 11 is 0. The predicted molar refractivity (Wildman–Crippen MR) is 51.9 cm³/mol. The average Bonchev–Trinajstić information content (AvgIpc) is 2.21. The highest BCUT2D eigenvalue weighted by Crippen LogP contribution is 1.99. The third-order valence-electron chi connectivity index (χ3n) is 2.71. The number of rotatable bonds is 2. The molecule has 2 rings (SSSR count). The molecule has 0 radical (unpaired) electrons. The van der Waals surface area contributed by atoms with Crippen molar-refractivity contribution in [2.24, 2.45) is 0 Å². The van der Waals surface area contributed by atoms with E-state index in [9.17, 15) is 0 Å². The molecule has 2 saturated heterocycles. The summed E-state index contributed by atoms with van der Waals surface area (Å²) in [6, 6.07) is 0.631. The molecule has 0 unspecified atom stereocenters. The van der Waals surface area contributed by atoms with Crippen LogP contribution >= 0.6 is 0 Å². The predicted octanol–water partition coefficient (Wildman–Crippen LogP) is -1.12.